The van der Waals surface area contributed by atoms with Crippen LogP contribution in [0.25, 0.3) is 0 Å². The Morgan fingerprint density at radius 1 is 1.53 bits per heavy atom. The van der Waals surface area contributed by atoms with E-state index in [0.29, 0.717) is 6.54 Å². The molecule has 1 fully saturated rings. The molecule has 1 rings (SSSR count). The number of likely N-dealkylation sites (N-methyl/N-ethyl adjacent to an activating group) is 1. The largest absolute Gasteiger partial charge is 0.395 e. The van der Waals surface area contributed by atoms with E-state index < -0.39 is 0 Å². The second-order valence-corrected chi connectivity index (χ2v) is 3.94. The summed E-state index contributed by atoms with van der Waals surface area (Å²) in [5.74, 6) is 0.257. The van der Waals surface area contributed by atoms with Crippen LogP contribution in [0.2, 0.25) is 0 Å². The molecule has 0 aromatic rings. The average Bonchev–Trinajstić information content (AvgIpc) is 2.31. The number of rotatable bonds is 5. The van der Waals surface area contributed by atoms with Gasteiger partial charge in [0.2, 0.25) is 5.91 Å². The normalized spacial score (nSPS) is 19.9. The minimum atomic E-state index is -0.0457. The molecule has 1 aliphatic heterocycles. The maximum Gasteiger partial charge on any atom is 0.223 e. The maximum atomic E-state index is 11.7. The number of aliphatic hydroxyl groups is 1. The molecule has 0 spiro atoms. The Hall–Kier alpha value is -0.650. The molecule has 5 heteroatoms. The number of carbonyl (C=O) groups excluding carboxylic acids is 1. The Morgan fingerprint density at radius 3 is 2.73 bits per heavy atom. The number of hydrogen-bond donors (Lipinski definition) is 4. The molecular weight excluding hydrogens is 194 g/mol. The van der Waals surface area contributed by atoms with E-state index in [1.54, 1.807) is 7.05 Å². The summed E-state index contributed by atoms with van der Waals surface area (Å²) in [6.07, 6.45) is 1.82. The van der Waals surface area contributed by atoms with Crippen LogP contribution in [0.1, 0.15) is 12.8 Å². The van der Waals surface area contributed by atoms with E-state index >= 15 is 0 Å². The molecule has 1 saturated heterocycles. The third kappa shape index (κ3) is 4.15. The summed E-state index contributed by atoms with van der Waals surface area (Å²) in [5.41, 5.74) is 0. The standard InChI is InChI=1S/C10H21N3O2/c1-11-9(7-14)6-13-10(15)8-2-4-12-5-3-8/h8-9,11-12,14H,2-7H2,1H3,(H,13,15)/t9-/m0/s1. The lowest BCUT2D eigenvalue weighted by Crippen LogP contribution is -2.45. The summed E-state index contributed by atoms with van der Waals surface area (Å²) in [6.45, 7) is 2.39. The van der Waals surface area contributed by atoms with Crippen LogP contribution >= 0.6 is 0 Å². The second-order valence-electron chi connectivity index (χ2n) is 3.94. The van der Waals surface area contributed by atoms with Crippen LogP contribution in [-0.2, 0) is 4.79 Å². The summed E-state index contributed by atoms with van der Waals surface area (Å²) in [7, 11) is 1.78. The molecule has 0 saturated carbocycles. The minimum absolute atomic E-state index is 0.0446. The maximum absolute atomic E-state index is 11.7. The highest BCUT2D eigenvalue weighted by Crippen LogP contribution is 2.10. The summed E-state index contributed by atoms with van der Waals surface area (Å²) in [6, 6.07) is -0.0457. The van der Waals surface area contributed by atoms with Gasteiger partial charge in [0.25, 0.3) is 0 Å². The van der Waals surface area contributed by atoms with Gasteiger partial charge in [0, 0.05) is 18.5 Å². The molecule has 0 bridgehead atoms. The van der Waals surface area contributed by atoms with Crippen molar-refractivity contribution in [1.29, 1.82) is 0 Å². The molecule has 0 aromatic heterocycles. The van der Waals surface area contributed by atoms with Crippen molar-refractivity contribution < 1.29 is 9.90 Å². The topological polar surface area (TPSA) is 73.4 Å². The Morgan fingerprint density at radius 2 is 2.20 bits per heavy atom. The second kappa shape index (κ2) is 6.76. The Balaban J connectivity index is 2.22. The van der Waals surface area contributed by atoms with Gasteiger partial charge in [-0.2, -0.15) is 0 Å². The number of hydrogen-bond acceptors (Lipinski definition) is 4. The molecule has 0 radical (unpaired) electrons. The van der Waals surface area contributed by atoms with E-state index in [4.69, 9.17) is 5.11 Å². The zero-order chi connectivity index (χ0) is 11.1. The zero-order valence-corrected chi connectivity index (χ0v) is 9.25. The fourth-order valence-corrected chi connectivity index (χ4v) is 1.71. The Labute approximate surface area is 90.6 Å². The molecule has 1 heterocycles. The fourth-order valence-electron chi connectivity index (χ4n) is 1.71. The summed E-state index contributed by atoms with van der Waals surface area (Å²) >= 11 is 0. The van der Waals surface area contributed by atoms with E-state index in [0.717, 1.165) is 25.9 Å². The van der Waals surface area contributed by atoms with E-state index in [-0.39, 0.29) is 24.5 Å². The Kier molecular flexibility index (Phi) is 5.60. The molecule has 0 aliphatic carbocycles. The van der Waals surface area contributed by atoms with Crippen LogP contribution in [0.5, 0.6) is 0 Å². The molecule has 15 heavy (non-hydrogen) atoms. The predicted molar refractivity (Wildman–Crippen MR) is 58.5 cm³/mol. The first kappa shape index (κ1) is 12.4. The molecule has 0 aromatic carbocycles. The summed E-state index contributed by atoms with van der Waals surface area (Å²) in [4.78, 5) is 11.7. The van der Waals surface area contributed by atoms with Gasteiger partial charge in [-0.15, -0.1) is 0 Å². The third-order valence-corrected chi connectivity index (χ3v) is 2.86. The first-order valence-corrected chi connectivity index (χ1v) is 5.54. The van der Waals surface area contributed by atoms with Gasteiger partial charge in [0.1, 0.15) is 0 Å². The molecule has 4 N–H and O–H groups in total. The first-order chi connectivity index (χ1) is 7.27. The third-order valence-electron chi connectivity index (χ3n) is 2.86. The molecule has 88 valence electrons. The molecule has 1 atom stereocenters. The molecule has 0 unspecified atom stereocenters. The number of amides is 1. The predicted octanol–water partition coefficient (Wildman–Crippen LogP) is -1.32. The molecule has 1 amide bonds. The van der Waals surface area contributed by atoms with Crippen LogP contribution in [0.3, 0.4) is 0 Å². The minimum Gasteiger partial charge on any atom is -0.395 e. The van der Waals surface area contributed by atoms with Crippen molar-refractivity contribution in [2.45, 2.75) is 18.9 Å². The lowest BCUT2D eigenvalue weighted by molar-refractivity contribution is -0.125. The fraction of sp³-hybridized carbons (Fsp3) is 0.900. The van der Waals surface area contributed by atoms with Crippen molar-refractivity contribution in [3.05, 3.63) is 0 Å². The van der Waals surface area contributed by atoms with Crippen LogP contribution < -0.4 is 16.0 Å². The van der Waals surface area contributed by atoms with Crippen LogP contribution in [0, 0.1) is 5.92 Å². The quantitative estimate of drug-likeness (QED) is 0.459. The monoisotopic (exact) mass is 215 g/mol. The van der Waals surface area contributed by atoms with Gasteiger partial charge in [-0.3, -0.25) is 4.79 Å². The van der Waals surface area contributed by atoms with E-state index in [2.05, 4.69) is 16.0 Å². The molecule has 1 aliphatic rings. The summed E-state index contributed by atoms with van der Waals surface area (Å²) in [5, 5.41) is 17.9. The van der Waals surface area contributed by atoms with Crippen LogP contribution in [0.4, 0.5) is 0 Å². The Bertz CT molecular complexity index is 189. The highest BCUT2D eigenvalue weighted by molar-refractivity contribution is 5.78. The van der Waals surface area contributed by atoms with Crippen LogP contribution in [-0.4, -0.2) is 50.3 Å². The van der Waals surface area contributed by atoms with Crippen molar-refractivity contribution in [2.75, 3.05) is 33.3 Å². The highest BCUT2D eigenvalue weighted by Gasteiger charge is 2.20. The van der Waals surface area contributed by atoms with Gasteiger partial charge in [-0.05, 0) is 33.0 Å². The van der Waals surface area contributed by atoms with Gasteiger partial charge in [-0.1, -0.05) is 0 Å². The van der Waals surface area contributed by atoms with E-state index in [1.807, 2.05) is 0 Å². The SMILES string of the molecule is CN[C@H](CO)CNC(=O)C1CCNCC1. The molecular formula is C10H21N3O2. The number of piperidine rings is 1. The first-order valence-electron chi connectivity index (χ1n) is 5.54. The number of carbonyl (C=O) groups is 1. The van der Waals surface area contributed by atoms with Crippen molar-refractivity contribution in [3.8, 4) is 0 Å². The lowest BCUT2D eigenvalue weighted by Gasteiger charge is -2.23. The van der Waals surface area contributed by atoms with Gasteiger partial charge < -0.3 is 21.1 Å². The summed E-state index contributed by atoms with van der Waals surface area (Å²) < 4.78 is 0. The van der Waals surface area contributed by atoms with Gasteiger partial charge in [0.15, 0.2) is 0 Å². The van der Waals surface area contributed by atoms with Gasteiger partial charge in [0.05, 0.1) is 6.61 Å². The van der Waals surface area contributed by atoms with Crippen molar-refractivity contribution in [2.24, 2.45) is 5.92 Å². The van der Waals surface area contributed by atoms with Gasteiger partial charge in [-0.25, -0.2) is 0 Å². The van der Waals surface area contributed by atoms with E-state index in [1.165, 1.54) is 0 Å². The van der Waals surface area contributed by atoms with E-state index in [9.17, 15) is 4.79 Å². The van der Waals surface area contributed by atoms with Crippen molar-refractivity contribution in [3.63, 3.8) is 0 Å². The highest BCUT2D eigenvalue weighted by atomic mass is 16.3. The lowest BCUT2D eigenvalue weighted by atomic mass is 9.97. The zero-order valence-electron chi connectivity index (χ0n) is 9.25. The smallest absolute Gasteiger partial charge is 0.223 e. The molecule has 5 nitrogen and oxygen atoms in total. The van der Waals surface area contributed by atoms with Crippen LogP contribution in [0.15, 0.2) is 0 Å². The number of aliphatic hydroxyl groups excluding tert-OH is 1. The number of nitrogens with one attached hydrogen (secondary N) is 3. The van der Waals surface area contributed by atoms with Crippen molar-refractivity contribution in [1.82, 2.24) is 16.0 Å². The van der Waals surface area contributed by atoms with Gasteiger partial charge >= 0.3 is 0 Å². The average molecular weight is 215 g/mol. The van der Waals surface area contributed by atoms with Crippen molar-refractivity contribution >= 4 is 5.91 Å².